The maximum absolute atomic E-state index is 12.9. The van der Waals surface area contributed by atoms with Crippen molar-refractivity contribution in [3.63, 3.8) is 0 Å². The Hall–Kier alpha value is -3.91. The van der Waals surface area contributed by atoms with Crippen molar-refractivity contribution in [2.24, 2.45) is 4.99 Å². The van der Waals surface area contributed by atoms with E-state index in [9.17, 15) is 23.2 Å². The normalized spacial score (nSPS) is 16.1. The summed E-state index contributed by atoms with van der Waals surface area (Å²) in [4.78, 5) is 25.2. The highest BCUT2D eigenvalue weighted by atomic mass is 32.2. The first-order valence-corrected chi connectivity index (χ1v) is 10.8. The number of aromatic nitrogens is 2. The zero-order chi connectivity index (χ0) is 24.3. The van der Waals surface area contributed by atoms with Gasteiger partial charge in [0.2, 0.25) is 5.88 Å². The molecule has 1 aliphatic heterocycles. The lowest BCUT2D eigenvalue weighted by Crippen LogP contribution is -2.19. The van der Waals surface area contributed by atoms with E-state index in [2.05, 4.69) is 26.3 Å². The number of carbonyl (C=O) groups excluding carboxylic acids is 1. The van der Waals surface area contributed by atoms with E-state index in [0.717, 1.165) is 30.1 Å². The van der Waals surface area contributed by atoms with Gasteiger partial charge in [0.05, 0.1) is 34.8 Å². The van der Waals surface area contributed by atoms with Crippen LogP contribution in [0.25, 0.3) is 17.0 Å². The van der Waals surface area contributed by atoms with E-state index in [0.29, 0.717) is 33.5 Å². The molecule has 11 heteroatoms. The topological polar surface area (TPSA) is 100 Å². The van der Waals surface area contributed by atoms with E-state index in [1.54, 1.807) is 37.3 Å². The second kappa shape index (κ2) is 9.52. The van der Waals surface area contributed by atoms with Gasteiger partial charge in [0, 0.05) is 11.6 Å². The second-order valence-corrected chi connectivity index (χ2v) is 8.09. The van der Waals surface area contributed by atoms with Gasteiger partial charge in [0.25, 0.3) is 5.91 Å². The van der Waals surface area contributed by atoms with Crippen molar-refractivity contribution in [1.29, 1.82) is 5.26 Å². The molecule has 1 saturated heterocycles. The number of aliphatic imine (C=N–C) groups is 1. The van der Waals surface area contributed by atoms with Gasteiger partial charge in [-0.25, -0.2) is 4.98 Å². The number of ether oxygens (including phenoxy) is 1. The monoisotopic (exact) mass is 483 g/mol. The molecule has 0 saturated carbocycles. The molecule has 1 aromatic carbocycles. The highest BCUT2D eigenvalue weighted by molar-refractivity contribution is 8.18. The van der Waals surface area contributed by atoms with Crippen molar-refractivity contribution in [2.75, 3.05) is 6.61 Å². The summed E-state index contributed by atoms with van der Waals surface area (Å²) in [5.41, 5.74) is 0.992. The highest BCUT2D eigenvalue weighted by Crippen LogP contribution is 2.30. The van der Waals surface area contributed by atoms with Crippen molar-refractivity contribution in [1.82, 2.24) is 15.3 Å². The molecule has 3 aromatic rings. The van der Waals surface area contributed by atoms with E-state index >= 15 is 0 Å². The van der Waals surface area contributed by atoms with Crippen molar-refractivity contribution < 1.29 is 22.7 Å². The molecule has 7 nitrogen and oxygen atoms in total. The number of nitrogens with one attached hydrogen (secondary N) is 1. The van der Waals surface area contributed by atoms with Gasteiger partial charge in [0.1, 0.15) is 11.6 Å². The second-order valence-electron chi connectivity index (χ2n) is 7.06. The Morgan fingerprint density at radius 1 is 1.26 bits per heavy atom. The summed E-state index contributed by atoms with van der Waals surface area (Å²) in [6.45, 7) is 2.08. The van der Waals surface area contributed by atoms with Crippen molar-refractivity contribution in [3.8, 4) is 11.9 Å². The van der Waals surface area contributed by atoms with E-state index in [4.69, 9.17) is 4.74 Å². The van der Waals surface area contributed by atoms with E-state index in [1.807, 2.05) is 0 Å². The Labute approximate surface area is 196 Å². The number of hydrogen-bond acceptors (Lipinski definition) is 7. The van der Waals surface area contributed by atoms with Crippen LogP contribution in [0.3, 0.4) is 0 Å². The van der Waals surface area contributed by atoms with Crippen LogP contribution >= 0.6 is 11.8 Å². The highest BCUT2D eigenvalue weighted by Gasteiger charge is 2.30. The molecule has 0 unspecified atom stereocenters. The van der Waals surface area contributed by atoms with Gasteiger partial charge in [0.15, 0.2) is 5.17 Å². The first-order valence-electron chi connectivity index (χ1n) is 10.0. The zero-order valence-corrected chi connectivity index (χ0v) is 18.5. The maximum Gasteiger partial charge on any atom is 0.416 e. The molecular weight excluding hydrogens is 467 g/mol. The molecule has 3 heterocycles. The predicted octanol–water partition coefficient (Wildman–Crippen LogP) is 4.68. The van der Waals surface area contributed by atoms with Crippen LogP contribution in [0.5, 0.6) is 5.88 Å². The fourth-order valence-corrected chi connectivity index (χ4v) is 3.96. The first kappa shape index (κ1) is 23.3. The fourth-order valence-electron chi connectivity index (χ4n) is 3.14. The van der Waals surface area contributed by atoms with Crippen LogP contribution in [-0.4, -0.2) is 27.6 Å². The lowest BCUT2D eigenvalue weighted by atomic mass is 10.1. The molecule has 1 aliphatic rings. The number of pyridine rings is 2. The number of alkyl halides is 3. The number of fused-ring (bicyclic) bond motifs is 1. The minimum Gasteiger partial charge on any atom is -0.477 e. The third-order valence-corrected chi connectivity index (χ3v) is 5.63. The minimum absolute atomic E-state index is 0.111. The van der Waals surface area contributed by atoms with Crippen molar-refractivity contribution >= 4 is 39.8 Å². The van der Waals surface area contributed by atoms with Gasteiger partial charge in [-0.05, 0) is 60.7 Å². The Morgan fingerprint density at radius 2 is 2.09 bits per heavy atom. The third-order valence-electron chi connectivity index (χ3n) is 4.68. The van der Waals surface area contributed by atoms with Gasteiger partial charge in [-0.15, -0.1) is 0 Å². The maximum atomic E-state index is 12.9. The Morgan fingerprint density at radius 3 is 2.82 bits per heavy atom. The smallest absolute Gasteiger partial charge is 0.416 e. The molecule has 4 rings (SSSR count). The summed E-state index contributed by atoms with van der Waals surface area (Å²) in [5, 5.41) is 12.9. The number of rotatable bonds is 5. The quantitative estimate of drug-likeness (QED) is 0.529. The van der Waals surface area contributed by atoms with Gasteiger partial charge in [-0.3, -0.25) is 14.8 Å². The standard InChI is InChI=1S/C23H16F3N5O2S/c1-2-33-21-15(11-27)9-14-7-13(3-4-18(14)30-21)8-19-20(32)31-22(34-19)29-12-17-10-16(5-6-28-17)23(24,25)26/h3-10H,2,12H2,1H3,(H,29,31,32)/b19-8-. The molecule has 0 bridgehead atoms. The van der Waals surface area contributed by atoms with E-state index < -0.39 is 11.7 Å². The number of nitrogens with zero attached hydrogens (tertiary/aromatic N) is 4. The van der Waals surface area contributed by atoms with Crippen LogP contribution in [0.1, 0.15) is 29.3 Å². The minimum atomic E-state index is -4.47. The first-order chi connectivity index (χ1) is 16.3. The van der Waals surface area contributed by atoms with Crippen LogP contribution in [0.4, 0.5) is 13.2 Å². The largest absolute Gasteiger partial charge is 0.477 e. The van der Waals surface area contributed by atoms with Gasteiger partial charge in [-0.2, -0.15) is 18.4 Å². The molecule has 1 N–H and O–H groups in total. The average molecular weight is 483 g/mol. The molecule has 1 fully saturated rings. The molecular formula is C23H16F3N5O2S. The number of benzene rings is 1. The molecule has 2 aromatic heterocycles. The Balaban J connectivity index is 1.53. The summed E-state index contributed by atoms with van der Waals surface area (Å²) >= 11 is 1.08. The lowest BCUT2D eigenvalue weighted by molar-refractivity contribution is -0.137. The molecule has 0 aliphatic carbocycles. The van der Waals surface area contributed by atoms with Crippen LogP contribution in [0, 0.1) is 11.3 Å². The number of halogens is 3. The fraction of sp³-hybridized carbons (Fsp3) is 0.174. The lowest BCUT2D eigenvalue weighted by Gasteiger charge is -2.07. The molecule has 0 spiro atoms. The van der Waals surface area contributed by atoms with Crippen LogP contribution < -0.4 is 10.1 Å². The Kier molecular flexibility index (Phi) is 6.51. The van der Waals surface area contributed by atoms with Crippen LogP contribution in [-0.2, 0) is 17.5 Å². The van der Waals surface area contributed by atoms with E-state index in [1.165, 1.54) is 0 Å². The molecule has 172 valence electrons. The van der Waals surface area contributed by atoms with Crippen LogP contribution in [0.15, 0.2) is 52.5 Å². The van der Waals surface area contributed by atoms with Crippen molar-refractivity contribution in [3.05, 3.63) is 69.9 Å². The van der Waals surface area contributed by atoms with Crippen molar-refractivity contribution in [2.45, 2.75) is 19.6 Å². The van der Waals surface area contributed by atoms with Gasteiger partial charge in [-0.1, -0.05) is 6.07 Å². The SMILES string of the molecule is CCOc1nc2ccc(/C=C3\SC(=NCc4cc(C(F)(F)F)ccn4)NC3=O)cc2cc1C#N. The number of thioether (sulfide) groups is 1. The summed E-state index contributed by atoms with van der Waals surface area (Å²) < 4.78 is 44.0. The number of amides is 1. The summed E-state index contributed by atoms with van der Waals surface area (Å²) in [6.07, 6.45) is -1.73. The third kappa shape index (κ3) is 5.18. The summed E-state index contributed by atoms with van der Waals surface area (Å²) in [6, 6.07) is 10.9. The average Bonchev–Trinajstić information content (AvgIpc) is 3.16. The number of nitriles is 1. The number of carbonyl (C=O) groups is 1. The van der Waals surface area contributed by atoms with Crippen LogP contribution in [0.2, 0.25) is 0 Å². The predicted molar refractivity (Wildman–Crippen MR) is 122 cm³/mol. The molecule has 1 amide bonds. The Bertz CT molecular complexity index is 1380. The number of hydrogen-bond donors (Lipinski definition) is 1. The molecule has 0 radical (unpaired) electrons. The zero-order valence-electron chi connectivity index (χ0n) is 17.7. The van der Waals surface area contributed by atoms with Gasteiger partial charge < -0.3 is 10.1 Å². The van der Waals surface area contributed by atoms with Gasteiger partial charge >= 0.3 is 6.18 Å². The molecule has 0 atom stereocenters. The summed E-state index contributed by atoms with van der Waals surface area (Å²) in [5.74, 6) is -0.103. The summed E-state index contributed by atoms with van der Waals surface area (Å²) in [7, 11) is 0. The van der Waals surface area contributed by atoms with E-state index in [-0.39, 0.29) is 29.2 Å². The number of amidine groups is 1. The molecule has 34 heavy (non-hydrogen) atoms.